The zero-order chi connectivity index (χ0) is 20.7. The van der Waals surface area contributed by atoms with Gasteiger partial charge >= 0.3 is 5.97 Å². The van der Waals surface area contributed by atoms with Crippen molar-refractivity contribution in [1.82, 2.24) is 26.2 Å². The van der Waals surface area contributed by atoms with Crippen molar-refractivity contribution < 1.29 is 14.3 Å². The fraction of sp³-hybridized carbons (Fsp3) is 0.619. The molecule has 1 aliphatic rings. The second kappa shape index (κ2) is 14.1. The first-order chi connectivity index (χ1) is 14.2. The first-order valence-corrected chi connectivity index (χ1v) is 10.5. The summed E-state index contributed by atoms with van der Waals surface area (Å²) in [7, 11) is 0. The van der Waals surface area contributed by atoms with E-state index < -0.39 is 0 Å². The van der Waals surface area contributed by atoms with Gasteiger partial charge in [0.05, 0.1) is 12.5 Å². The second-order valence-electron chi connectivity index (χ2n) is 7.15. The number of hydrogen-bond donors (Lipinski definition) is 4. The molecule has 1 saturated heterocycles. The molecule has 162 valence electrons. The molecule has 1 aromatic carbocycles. The maximum atomic E-state index is 12.5. The number of nitrogens with zero attached hydrogens (tertiary/aromatic N) is 1. The van der Waals surface area contributed by atoms with E-state index in [1.807, 2.05) is 37.3 Å². The maximum absolute atomic E-state index is 12.5. The lowest BCUT2D eigenvalue weighted by molar-refractivity contribution is -0.144. The molecule has 1 amide bonds. The average molecular weight is 406 g/mol. The minimum absolute atomic E-state index is 0.0605. The Morgan fingerprint density at radius 1 is 1.00 bits per heavy atom. The van der Waals surface area contributed by atoms with Gasteiger partial charge in [-0.05, 0) is 12.5 Å². The summed E-state index contributed by atoms with van der Waals surface area (Å²) in [5.41, 5.74) is 0.951. The Labute approximate surface area is 173 Å². The summed E-state index contributed by atoms with van der Waals surface area (Å²) in [6, 6.07) is 9.31. The normalized spacial score (nSPS) is 18.1. The Kier molecular flexibility index (Phi) is 11.3. The predicted molar refractivity (Wildman–Crippen MR) is 114 cm³/mol. The third kappa shape index (κ3) is 9.85. The largest absolute Gasteiger partial charge is 0.461 e. The van der Waals surface area contributed by atoms with Crippen LogP contribution in [-0.2, 0) is 20.9 Å². The molecule has 0 radical (unpaired) electrons. The smallest absolute Gasteiger partial charge is 0.307 e. The van der Waals surface area contributed by atoms with Gasteiger partial charge in [-0.1, -0.05) is 30.3 Å². The fourth-order valence-corrected chi connectivity index (χ4v) is 3.08. The number of carbonyl (C=O) groups excluding carboxylic acids is 2. The van der Waals surface area contributed by atoms with Gasteiger partial charge in [0.2, 0.25) is 5.91 Å². The number of esters is 1. The number of nitrogens with one attached hydrogen (secondary N) is 4. The quantitative estimate of drug-likeness (QED) is 0.463. The maximum Gasteiger partial charge on any atom is 0.307 e. The summed E-state index contributed by atoms with van der Waals surface area (Å²) in [5, 5.41) is 13.0. The van der Waals surface area contributed by atoms with Gasteiger partial charge in [-0.25, -0.2) is 0 Å². The van der Waals surface area contributed by atoms with E-state index in [9.17, 15) is 9.59 Å². The van der Waals surface area contributed by atoms with Crippen LogP contribution in [0.3, 0.4) is 0 Å². The summed E-state index contributed by atoms with van der Waals surface area (Å²) in [5.74, 6) is -0.371. The summed E-state index contributed by atoms with van der Waals surface area (Å²) in [4.78, 5) is 26.6. The zero-order valence-corrected chi connectivity index (χ0v) is 17.4. The molecule has 1 heterocycles. The highest BCUT2D eigenvalue weighted by atomic mass is 16.5. The molecule has 1 atom stereocenters. The van der Waals surface area contributed by atoms with E-state index in [0.717, 1.165) is 57.9 Å². The molecule has 29 heavy (non-hydrogen) atoms. The molecule has 0 aromatic heterocycles. The monoisotopic (exact) mass is 405 g/mol. The number of hydrogen-bond acceptors (Lipinski definition) is 7. The third-order valence-corrected chi connectivity index (χ3v) is 4.91. The molecule has 0 aliphatic carbocycles. The van der Waals surface area contributed by atoms with E-state index in [-0.39, 0.29) is 37.5 Å². The topological polar surface area (TPSA) is 94.7 Å². The number of amides is 1. The number of rotatable bonds is 7. The van der Waals surface area contributed by atoms with Crippen LogP contribution in [0.4, 0.5) is 0 Å². The molecule has 1 aliphatic heterocycles. The van der Waals surface area contributed by atoms with E-state index in [1.165, 1.54) is 0 Å². The van der Waals surface area contributed by atoms with Crippen LogP contribution < -0.4 is 21.3 Å². The van der Waals surface area contributed by atoms with Crippen LogP contribution >= 0.6 is 0 Å². The molecule has 0 spiro atoms. The molecule has 0 saturated carbocycles. The van der Waals surface area contributed by atoms with Crippen molar-refractivity contribution in [3.8, 4) is 0 Å². The number of carbonyl (C=O) groups is 2. The van der Waals surface area contributed by atoms with Gasteiger partial charge in [-0.3, -0.25) is 14.5 Å². The summed E-state index contributed by atoms with van der Waals surface area (Å²) in [6.45, 7) is 9.45. The van der Waals surface area contributed by atoms with Crippen LogP contribution in [0.1, 0.15) is 18.9 Å². The molecule has 4 N–H and O–H groups in total. The van der Waals surface area contributed by atoms with Gasteiger partial charge in [-0.15, -0.1) is 0 Å². The highest BCUT2D eigenvalue weighted by Crippen LogP contribution is 2.02. The fourth-order valence-electron chi connectivity index (χ4n) is 3.08. The molecule has 1 unspecified atom stereocenters. The SMILES string of the molecule is CC(C(=O)NCCC(=O)OCc1ccccc1)N1CCNCCNCCNCC1. The van der Waals surface area contributed by atoms with E-state index in [4.69, 9.17) is 4.74 Å². The number of ether oxygens (including phenoxy) is 1. The standard InChI is InChI=1S/C21H35N5O3/c1-18(26-15-13-23-11-9-22-10-12-24-14-16-26)21(28)25-8-7-20(27)29-17-19-5-3-2-4-6-19/h2-6,18,22-24H,7-17H2,1H3,(H,25,28). The second-order valence-corrected chi connectivity index (χ2v) is 7.15. The Morgan fingerprint density at radius 2 is 1.59 bits per heavy atom. The minimum Gasteiger partial charge on any atom is -0.461 e. The van der Waals surface area contributed by atoms with Crippen LogP contribution in [0.5, 0.6) is 0 Å². The molecule has 8 nitrogen and oxygen atoms in total. The van der Waals surface area contributed by atoms with Gasteiger partial charge < -0.3 is 26.0 Å². The van der Waals surface area contributed by atoms with Crippen LogP contribution in [0.15, 0.2) is 30.3 Å². The lowest BCUT2D eigenvalue weighted by atomic mass is 10.2. The van der Waals surface area contributed by atoms with Crippen molar-refractivity contribution in [1.29, 1.82) is 0 Å². The Hall–Kier alpha value is -2.00. The molecule has 1 fully saturated rings. The highest BCUT2D eigenvalue weighted by molar-refractivity contribution is 5.81. The Balaban J connectivity index is 1.68. The highest BCUT2D eigenvalue weighted by Gasteiger charge is 2.20. The van der Waals surface area contributed by atoms with E-state index in [1.54, 1.807) is 0 Å². The van der Waals surface area contributed by atoms with Gasteiger partial charge in [0, 0.05) is 58.9 Å². The first kappa shape index (κ1) is 23.3. The summed E-state index contributed by atoms with van der Waals surface area (Å²) >= 11 is 0. The Bertz CT molecular complexity index is 587. The first-order valence-electron chi connectivity index (χ1n) is 10.5. The van der Waals surface area contributed by atoms with Crippen molar-refractivity contribution in [3.05, 3.63) is 35.9 Å². The lowest BCUT2D eigenvalue weighted by Crippen LogP contribution is -2.50. The van der Waals surface area contributed by atoms with Gasteiger partial charge in [0.15, 0.2) is 0 Å². The summed E-state index contributed by atoms with van der Waals surface area (Å²) < 4.78 is 5.24. The van der Waals surface area contributed by atoms with E-state index in [2.05, 4.69) is 26.2 Å². The van der Waals surface area contributed by atoms with Gasteiger partial charge in [0.1, 0.15) is 6.61 Å². The summed E-state index contributed by atoms with van der Waals surface area (Å²) in [6.07, 6.45) is 0.168. The lowest BCUT2D eigenvalue weighted by Gasteiger charge is -2.29. The molecular weight excluding hydrogens is 370 g/mol. The molecule has 2 rings (SSSR count). The van der Waals surface area contributed by atoms with Gasteiger partial charge in [0.25, 0.3) is 0 Å². The average Bonchev–Trinajstić information content (AvgIpc) is 2.73. The van der Waals surface area contributed by atoms with E-state index in [0.29, 0.717) is 0 Å². The predicted octanol–water partition coefficient (Wildman–Crippen LogP) is -0.291. The third-order valence-electron chi connectivity index (χ3n) is 4.91. The van der Waals surface area contributed by atoms with Crippen LogP contribution in [0.25, 0.3) is 0 Å². The van der Waals surface area contributed by atoms with E-state index >= 15 is 0 Å². The van der Waals surface area contributed by atoms with Crippen LogP contribution in [-0.4, -0.2) is 81.7 Å². The van der Waals surface area contributed by atoms with Crippen LogP contribution in [0, 0.1) is 0 Å². The molecule has 1 aromatic rings. The molecule has 8 heteroatoms. The van der Waals surface area contributed by atoms with Crippen molar-refractivity contribution in [3.63, 3.8) is 0 Å². The zero-order valence-electron chi connectivity index (χ0n) is 17.4. The van der Waals surface area contributed by atoms with Crippen molar-refractivity contribution in [2.45, 2.75) is 26.0 Å². The van der Waals surface area contributed by atoms with Crippen molar-refractivity contribution >= 4 is 11.9 Å². The van der Waals surface area contributed by atoms with Crippen molar-refractivity contribution in [2.75, 3.05) is 58.9 Å². The Morgan fingerprint density at radius 3 is 2.21 bits per heavy atom. The van der Waals surface area contributed by atoms with Crippen molar-refractivity contribution in [2.24, 2.45) is 0 Å². The number of benzene rings is 1. The molecular formula is C21H35N5O3. The minimum atomic E-state index is -0.310. The van der Waals surface area contributed by atoms with Crippen LogP contribution in [0.2, 0.25) is 0 Å². The molecule has 0 bridgehead atoms. The van der Waals surface area contributed by atoms with Gasteiger partial charge in [-0.2, -0.15) is 0 Å².